The standard InChI is InChI=1S/C19H21F2N3O2S/c1-4-15-22-14(10-27-15)6-5-7-25-16-11(2)8-13(9-12(16)3)18-23-19(17(20)21)26-24-18/h8-10,17H,4-7H2,1-3H3. The van der Waals surface area contributed by atoms with Crippen molar-refractivity contribution in [2.75, 3.05) is 6.61 Å². The SMILES string of the molecule is CCc1nc(CCCOc2c(C)cc(-c3noc(C(F)F)n3)cc2C)cs1. The average molecular weight is 393 g/mol. The van der Waals surface area contributed by atoms with Gasteiger partial charge >= 0.3 is 6.43 Å². The highest BCUT2D eigenvalue weighted by molar-refractivity contribution is 7.09. The first-order valence-electron chi connectivity index (χ1n) is 8.77. The predicted molar refractivity (Wildman–Crippen MR) is 99.5 cm³/mol. The molecule has 0 aliphatic carbocycles. The zero-order chi connectivity index (χ0) is 19.4. The number of halogens is 2. The first-order valence-corrected chi connectivity index (χ1v) is 9.65. The third kappa shape index (κ3) is 4.68. The monoisotopic (exact) mass is 393 g/mol. The number of benzene rings is 1. The van der Waals surface area contributed by atoms with E-state index < -0.39 is 12.3 Å². The summed E-state index contributed by atoms with van der Waals surface area (Å²) < 4.78 is 35.8. The van der Waals surface area contributed by atoms with Crippen LogP contribution in [0.2, 0.25) is 0 Å². The molecule has 0 bridgehead atoms. The highest BCUT2D eigenvalue weighted by Gasteiger charge is 2.18. The maximum Gasteiger partial charge on any atom is 0.315 e. The van der Waals surface area contributed by atoms with Crippen molar-refractivity contribution >= 4 is 11.3 Å². The summed E-state index contributed by atoms with van der Waals surface area (Å²) in [7, 11) is 0. The molecule has 0 unspecified atom stereocenters. The first-order chi connectivity index (χ1) is 13.0. The molecule has 3 rings (SSSR count). The zero-order valence-electron chi connectivity index (χ0n) is 15.5. The second-order valence-electron chi connectivity index (χ2n) is 6.23. The normalized spacial score (nSPS) is 11.3. The Hall–Kier alpha value is -2.35. The largest absolute Gasteiger partial charge is 0.493 e. The summed E-state index contributed by atoms with van der Waals surface area (Å²) in [6.07, 6.45) is -0.0603. The molecule has 1 aromatic carbocycles. The number of hydrogen-bond donors (Lipinski definition) is 0. The second-order valence-corrected chi connectivity index (χ2v) is 7.18. The van der Waals surface area contributed by atoms with Gasteiger partial charge in [-0.3, -0.25) is 0 Å². The Balaban J connectivity index is 1.62. The Bertz CT molecular complexity index is 885. The van der Waals surface area contributed by atoms with Gasteiger partial charge in [0.25, 0.3) is 5.89 Å². The van der Waals surface area contributed by atoms with Gasteiger partial charge in [0.2, 0.25) is 5.82 Å². The molecule has 0 saturated heterocycles. The molecule has 3 aromatic rings. The van der Waals surface area contributed by atoms with Crippen molar-refractivity contribution in [3.63, 3.8) is 0 Å². The van der Waals surface area contributed by atoms with Crippen LogP contribution in [0.5, 0.6) is 5.75 Å². The van der Waals surface area contributed by atoms with Crippen LogP contribution in [0.15, 0.2) is 22.0 Å². The molecule has 0 aliphatic rings. The van der Waals surface area contributed by atoms with Crippen molar-refractivity contribution in [1.82, 2.24) is 15.1 Å². The lowest BCUT2D eigenvalue weighted by molar-refractivity contribution is 0.106. The summed E-state index contributed by atoms with van der Waals surface area (Å²) in [5.74, 6) is 0.274. The van der Waals surface area contributed by atoms with E-state index in [2.05, 4.69) is 32.0 Å². The van der Waals surface area contributed by atoms with Crippen LogP contribution < -0.4 is 4.74 Å². The molecule has 5 nitrogen and oxygen atoms in total. The summed E-state index contributed by atoms with van der Waals surface area (Å²) in [5, 5.41) is 6.88. The van der Waals surface area contributed by atoms with Crippen LogP contribution in [0, 0.1) is 13.8 Å². The Kier molecular flexibility index (Phi) is 6.15. The third-order valence-electron chi connectivity index (χ3n) is 4.07. The van der Waals surface area contributed by atoms with Crippen molar-refractivity contribution in [3.05, 3.63) is 45.2 Å². The van der Waals surface area contributed by atoms with Gasteiger partial charge < -0.3 is 9.26 Å². The van der Waals surface area contributed by atoms with Crippen molar-refractivity contribution < 1.29 is 18.0 Å². The van der Waals surface area contributed by atoms with Crippen LogP contribution >= 0.6 is 11.3 Å². The molecule has 2 aromatic heterocycles. The van der Waals surface area contributed by atoms with E-state index in [9.17, 15) is 8.78 Å². The average Bonchev–Trinajstić information content (AvgIpc) is 3.29. The molecule has 144 valence electrons. The first kappa shape index (κ1) is 19.4. The number of alkyl halides is 2. The van der Waals surface area contributed by atoms with Gasteiger partial charge in [-0.15, -0.1) is 11.3 Å². The number of rotatable bonds is 8. The molecular weight excluding hydrogens is 372 g/mol. The van der Waals surface area contributed by atoms with E-state index in [1.165, 1.54) is 0 Å². The summed E-state index contributed by atoms with van der Waals surface area (Å²) in [4.78, 5) is 8.29. The highest BCUT2D eigenvalue weighted by atomic mass is 32.1. The topological polar surface area (TPSA) is 61.0 Å². The van der Waals surface area contributed by atoms with E-state index in [0.717, 1.165) is 46.8 Å². The molecule has 0 spiro atoms. The van der Waals surface area contributed by atoms with Crippen LogP contribution in [0.25, 0.3) is 11.4 Å². The van der Waals surface area contributed by atoms with Crippen LogP contribution in [-0.4, -0.2) is 21.7 Å². The number of thiazole rings is 1. The minimum absolute atomic E-state index is 0.151. The van der Waals surface area contributed by atoms with Crippen LogP contribution in [-0.2, 0) is 12.8 Å². The number of nitrogens with zero attached hydrogens (tertiary/aromatic N) is 3. The van der Waals surface area contributed by atoms with Crippen LogP contribution in [0.1, 0.15) is 47.5 Å². The number of hydrogen-bond acceptors (Lipinski definition) is 6. The lowest BCUT2D eigenvalue weighted by Gasteiger charge is -2.13. The second kappa shape index (κ2) is 8.56. The fourth-order valence-corrected chi connectivity index (χ4v) is 3.58. The highest BCUT2D eigenvalue weighted by Crippen LogP contribution is 2.30. The minimum Gasteiger partial charge on any atom is -0.493 e. The van der Waals surface area contributed by atoms with Gasteiger partial charge in [-0.1, -0.05) is 12.1 Å². The molecular formula is C19H21F2N3O2S. The van der Waals surface area contributed by atoms with Crippen molar-refractivity contribution in [1.29, 1.82) is 0 Å². The van der Waals surface area contributed by atoms with Gasteiger partial charge in [0, 0.05) is 10.9 Å². The van der Waals surface area contributed by atoms with Gasteiger partial charge in [0.1, 0.15) is 5.75 Å². The molecule has 0 amide bonds. The predicted octanol–water partition coefficient (Wildman–Crippen LogP) is 5.32. The number of aromatic nitrogens is 3. The van der Waals surface area contributed by atoms with Crippen molar-refractivity contribution in [2.45, 2.75) is 46.5 Å². The molecule has 2 heterocycles. The number of aryl methyl sites for hydroxylation is 4. The molecule has 0 saturated carbocycles. The summed E-state index contributed by atoms with van der Waals surface area (Å²) >= 11 is 1.69. The van der Waals surface area contributed by atoms with E-state index in [1.807, 2.05) is 26.0 Å². The van der Waals surface area contributed by atoms with Crippen LogP contribution in [0.3, 0.4) is 0 Å². The van der Waals surface area contributed by atoms with Crippen molar-refractivity contribution in [2.24, 2.45) is 0 Å². The summed E-state index contributed by atoms with van der Waals surface area (Å²) in [6, 6.07) is 3.63. The molecule has 0 fully saturated rings. The summed E-state index contributed by atoms with van der Waals surface area (Å²) in [5.41, 5.74) is 3.53. The zero-order valence-corrected chi connectivity index (χ0v) is 16.3. The Morgan fingerprint density at radius 1 is 1.19 bits per heavy atom. The van der Waals surface area contributed by atoms with Gasteiger partial charge in [0.05, 0.1) is 17.3 Å². The van der Waals surface area contributed by atoms with E-state index in [0.29, 0.717) is 12.2 Å². The molecule has 0 aliphatic heterocycles. The van der Waals surface area contributed by atoms with Gasteiger partial charge in [-0.2, -0.15) is 13.8 Å². The Morgan fingerprint density at radius 2 is 1.93 bits per heavy atom. The van der Waals surface area contributed by atoms with Crippen molar-refractivity contribution in [3.8, 4) is 17.1 Å². The molecule has 8 heteroatoms. The molecule has 27 heavy (non-hydrogen) atoms. The Morgan fingerprint density at radius 3 is 2.52 bits per heavy atom. The maximum atomic E-state index is 12.6. The smallest absolute Gasteiger partial charge is 0.315 e. The molecule has 0 radical (unpaired) electrons. The quantitative estimate of drug-likeness (QED) is 0.485. The van der Waals surface area contributed by atoms with Crippen LogP contribution in [0.4, 0.5) is 8.78 Å². The van der Waals surface area contributed by atoms with E-state index >= 15 is 0 Å². The van der Waals surface area contributed by atoms with E-state index in [4.69, 9.17) is 4.74 Å². The molecule has 0 atom stereocenters. The van der Waals surface area contributed by atoms with Gasteiger partial charge in [-0.05, 0) is 56.4 Å². The number of ether oxygens (including phenoxy) is 1. The van der Waals surface area contributed by atoms with Gasteiger partial charge in [-0.25, -0.2) is 4.98 Å². The van der Waals surface area contributed by atoms with E-state index in [-0.39, 0.29) is 5.82 Å². The maximum absolute atomic E-state index is 12.6. The lowest BCUT2D eigenvalue weighted by atomic mass is 10.1. The fraction of sp³-hybridized carbons (Fsp3) is 0.421. The Labute approximate surface area is 160 Å². The minimum atomic E-state index is -2.78. The van der Waals surface area contributed by atoms with E-state index in [1.54, 1.807) is 11.3 Å². The summed E-state index contributed by atoms with van der Waals surface area (Å²) in [6.45, 7) is 6.50. The molecule has 0 N–H and O–H groups in total. The van der Waals surface area contributed by atoms with Gasteiger partial charge in [0.15, 0.2) is 0 Å². The third-order valence-corrected chi connectivity index (χ3v) is 5.11. The fourth-order valence-electron chi connectivity index (χ4n) is 2.80. The lowest BCUT2D eigenvalue weighted by Crippen LogP contribution is -2.03.